The molecule has 104 valence electrons. The van der Waals surface area contributed by atoms with Crippen LogP contribution in [0.2, 0.25) is 5.02 Å². The van der Waals surface area contributed by atoms with Crippen LogP contribution in [-0.2, 0) is 12.8 Å². The topological polar surface area (TPSA) is 29.5 Å². The molecule has 0 amide bonds. The van der Waals surface area contributed by atoms with Crippen LogP contribution in [0.25, 0.3) is 0 Å². The van der Waals surface area contributed by atoms with Crippen LogP contribution in [0, 0.1) is 5.92 Å². The molecule has 2 aliphatic rings. The smallest absolute Gasteiger partial charge is 0.126 e. The molecule has 1 aliphatic carbocycles. The van der Waals surface area contributed by atoms with Crippen molar-refractivity contribution < 1.29 is 9.84 Å². The highest BCUT2D eigenvalue weighted by molar-refractivity contribution is 6.30. The van der Waals surface area contributed by atoms with Crippen molar-refractivity contribution in [1.29, 1.82) is 0 Å². The maximum Gasteiger partial charge on any atom is 0.126 e. The van der Waals surface area contributed by atoms with Gasteiger partial charge in [-0.1, -0.05) is 31.4 Å². The van der Waals surface area contributed by atoms with Crippen LogP contribution < -0.4 is 4.74 Å². The Balaban J connectivity index is 1.91. The van der Waals surface area contributed by atoms with Crippen molar-refractivity contribution in [3.63, 3.8) is 0 Å². The summed E-state index contributed by atoms with van der Waals surface area (Å²) in [5, 5.41) is 11.7. The predicted octanol–water partition coefficient (Wildman–Crippen LogP) is 3.76. The van der Waals surface area contributed by atoms with Crippen LogP contribution in [0.3, 0.4) is 0 Å². The molecule has 1 aromatic rings. The molecule has 3 heteroatoms. The lowest BCUT2D eigenvalue weighted by Gasteiger charge is -2.38. The molecule has 2 nitrogen and oxygen atoms in total. The van der Waals surface area contributed by atoms with Crippen molar-refractivity contribution >= 4 is 11.6 Å². The van der Waals surface area contributed by atoms with Crippen LogP contribution in [0.4, 0.5) is 0 Å². The summed E-state index contributed by atoms with van der Waals surface area (Å²) in [6.07, 6.45) is 5.93. The molecule has 2 atom stereocenters. The number of hydrogen-bond acceptors (Lipinski definition) is 2. The SMILES string of the molecule is CC1CCCCC1(O)Cc1cc(Cl)cc2c1OCC2. The molecule has 1 fully saturated rings. The van der Waals surface area contributed by atoms with E-state index in [1.165, 1.54) is 12.0 Å². The van der Waals surface area contributed by atoms with Crippen molar-refractivity contribution in [2.75, 3.05) is 6.61 Å². The zero-order chi connectivity index (χ0) is 13.5. The normalized spacial score (nSPS) is 29.9. The monoisotopic (exact) mass is 280 g/mol. The second-order valence-electron chi connectivity index (χ2n) is 6.08. The van der Waals surface area contributed by atoms with E-state index in [4.69, 9.17) is 16.3 Å². The van der Waals surface area contributed by atoms with Crippen molar-refractivity contribution in [2.45, 2.75) is 51.0 Å². The van der Waals surface area contributed by atoms with Gasteiger partial charge in [0, 0.05) is 17.9 Å². The average molecular weight is 281 g/mol. The van der Waals surface area contributed by atoms with E-state index in [9.17, 15) is 5.11 Å². The molecule has 1 N–H and O–H groups in total. The van der Waals surface area contributed by atoms with E-state index in [0.717, 1.165) is 48.6 Å². The van der Waals surface area contributed by atoms with Gasteiger partial charge in [0.15, 0.2) is 0 Å². The second kappa shape index (κ2) is 4.99. The quantitative estimate of drug-likeness (QED) is 0.894. The van der Waals surface area contributed by atoms with Gasteiger partial charge in [-0.05, 0) is 42.0 Å². The molecular formula is C16H21ClO2. The Hall–Kier alpha value is -0.730. The van der Waals surface area contributed by atoms with E-state index in [1.54, 1.807) is 0 Å². The molecule has 0 radical (unpaired) electrons. The third-order valence-electron chi connectivity index (χ3n) is 4.74. The molecule has 0 saturated heterocycles. The van der Waals surface area contributed by atoms with Crippen LogP contribution in [-0.4, -0.2) is 17.3 Å². The summed E-state index contributed by atoms with van der Waals surface area (Å²) in [4.78, 5) is 0. The highest BCUT2D eigenvalue weighted by Crippen LogP contribution is 2.40. The van der Waals surface area contributed by atoms with Crippen molar-refractivity contribution in [1.82, 2.24) is 0 Å². The number of rotatable bonds is 2. The van der Waals surface area contributed by atoms with Crippen LogP contribution >= 0.6 is 11.6 Å². The van der Waals surface area contributed by atoms with Gasteiger partial charge in [-0.2, -0.15) is 0 Å². The fraction of sp³-hybridized carbons (Fsp3) is 0.625. The van der Waals surface area contributed by atoms with E-state index in [2.05, 4.69) is 6.92 Å². The molecule has 0 spiro atoms. The molecular weight excluding hydrogens is 260 g/mol. The summed E-state index contributed by atoms with van der Waals surface area (Å²) in [7, 11) is 0. The molecule has 2 unspecified atom stereocenters. The first-order valence-corrected chi connectivity index (χ1v) is 7.63. The van der Waals surface area contributed by atoms with Crippen molar-refractivity contribution in [3.8, 4) is 5.75 Å². The second-order valence-corrected chi connectivity index (χ2v) is 6.52. The Morgan fingerprint density at radius 1 is 1.42 bits per heavy atom. The summed E-state index contributed by atoms with van der Waals surface area (Å²) in [6, 6.07) is 3.95. The number of benzene rings is 1. The van der Waals surface area contributed by atoms with Gasteiger partial charge in [-0.25, -0.2) is 0 Å². The summed E-state index contributed by atoms with van der Waals surface area (Å²) < 4.78 is 5.74. The Morgan fingerprint density at radius 2 is 2.26 bits per heavy atom. The highest BCUT2D eigenvalue weighted by Gasteiger charge is 2.37. The summed E-state index contributed by atoms with van der Waals surface area (Å²) >= 11 is 6.19. The lowest BCUT2D eigenvalue weighted by Crippen LogP contribution is -2.41. The zero-order valence-electron chi connectivity index (χ0n) is 11.4. The summed E-state index contributed by atoms with van der Waals surface area (Å²) in [5.41, 5.74) is 1.67. The number of aliphatic hydroxyl groups is 1. The lowest BCUT2D eigenvalue weighted by atomic mass is 9.73. The van der Waals surface area contributed by atoms with E-state index in [1.807, 2.05) is 12.1 Å². The Kier molecular flexibility index (Phi) is 3.48. The first-order valence-electron chi connectivity index (χ1n) is 7.25. The van der Waals surface area contributed by atoms with Crippen LogP contribution in [0.15, 0.2) is 12.1 Å². The number of halogens is 1. The maximum atomic E-state index is 10.9. The third kappa shape index (κ3) is 2.48. The highest BCUT2D eigenvalue weighted by atomic mass is 35.5. The first-order chi connectivity index (χ1) is 9.08. The Morgan fingerprint density at radius 3 is 3.05 bits per heavy atom. The number of ether oxygens (including phenoxy) is 1. The Labute approximate surface area is 119 Å². The minimum Gasteiger partial charge on any atom is -0.493 e. The fourth-order valence-corrected chi connectivity index (χ4v) is 3.73. The minimum absolute atomic E-state index is 0.345. The summed E-state index contributed by atoms with van der Waals surface area (Å²) in [6.45, 7) is 2.89. The van der Waals surface area contributed by atoms with Crippen LogP contribution in [0.5, 0.6) is 5.75 Å². The van der Waals surface area contributed by atoms with Gasteiger partial charge in [0.1, 0.15) is 5.75 Å². The average Bonchev–Trinajstić information content (AvgIpc) is 2.81. The molecule has 1 saturated carbocycles. The summed E-state index contributed by atoms with van der Waals surface area (Å²) in [5.74, 6) is 1.31. The molecule has 0 bridgehead atoms. The van der Waals surface area contributed by atoms with E-state index >= 15 is 0 Å². The zero-order valence-corrected chi connectivity index (χ0v) is 12.2. The Bertz CT molecular complexity index is 486. The third-order valence-corrected chi connectivity index (χ3v) is 4.95. The molecule has 1 aliphatic heterocycles. The van der Waals surface area contributed by atoms with Gasteiger partial charge in [-0.3, -0.25) is 0 Å². The molecule has 1 aromatic carbocycles. The fourth-order valence-electron chi connectivity index (χ4n) is 3.47. The molecule has 19 heavy (non-hydrogen) atoms. The van der Waals surface area contributed by atoms with Gasteiger partial charge in [-0.15, -0.1) is 0 Å². The number of hydrogen-bond donors (Lipinski definition) is 1. The van der Waals surface area contributed by atoms with Crippen molar-refractivity contribution in [3.05, 3.63) is 28.3 Å². The van der Waals surface area contributed by atoms with Gasteiger partial charge >= 0.3 is 0 Å². The van der Waals surface area contributed by atoms with Crippen molar-refractivity contribution in [2.24, 2.45) is 5.92 Å². The number of fused-ring (bicyclic) bond motifs is 1. The molecule has 0 aromatic heterocycles. The van der Waals surface area contributed by atoms with E-state index < -0.39 is 5.60 Å². The molecule has 1 heterocycles. The van der Waals surface area contributed by atoms with Crippen LogP contribution in [0.1, 0.15) is 43.7 Å². The largest absolute Gasteiger partial charge is 0.493 e. The van der Waals surface area contributed by atoms with E-state index in [-0.39, 0.29) is 0 Å². The molecule has 3 rings (SSSR count). The maximum absolute atomic E-state index is 10.9. The minimum atomic E-state index is -0.595. The van der Waals surface area contributed by atoms with Gasteiger partial charge in [0.25, 0.3) is 0 Å². The van der Waals surface area contributed by atoms with Gasteiger partial charge < -0.3 is 9.84 Å². The van der Waals surface area contributed by atoms with Gasteiger partial charge in [0.05, 0.1) is 12.2 Å². The lowest BCUT2D eigenvalue weighted by molar-refractivity contribution is -0.0408. The standard InChI is InChI=1S/C16H21ClO2/c1-11-4-2-3-6-16(11,18)10-13-9-14(17)8-12-5-7-19-15(12)13/h8-9,11,18H,2-7,10H2,1H3. The van der Waals surface area contributed by atoms with E-state index in [0.29, 0.717) is 12.3 Å². The van der Waals surface area contributed by atoms with Gasteiger partial charge in [0.2, 0.25) is 0 Å². The first kappa shape index (κ1) is 13.3. The predicted molar refractivity (Wildman–Crippen MR) is 76.9 cm³/mol.